The predicted molar refractivity (Wildman–Crippen MR) is 124 cm³/mol. The molecule has 6 nitrogen and oxygen atoms in total. The number of nitrogens with one attached hydrogen (secondary N) is 1. The summed E-state index contributed by atoms with van der Waals surface area (Å²) >= 11 is 5.94. The van der Waals surface area contributed by atoms with Crippen molar-refractivity contribution in [1.82, 2.24) is 15.0 Å². The van der Waals surface area contributed by atoms with Gasteiger partial charge in [0.1, 0.15) is 10.8 Å². The second-order valence-corrected chi connectivity index (χ2v) is 7.87. The van der Waals surface area contributed by atoms with E-state index in [9.17, 15) is 4.79 Å². The lowest BCUT2D eigenvalue weighted by Crippen LogP contribution is -2.11. The van der Waals surface area contributed by atoms with E-state index in [1.165, 1.54) is 0 Å². The third-order valence-corrected chi connectivity index (χ3v) is 5.61. The Kier molecular flexibility index (Phi) is 5.74. The normalized spacial score (nSPS) is 12.2. The number of nitrogens with zero attached hydrogens (tertiary/aromatic N) is 3. The van der Waals surface area contributed by atoms with Gasteiger partial charge in [0.15, 0.2) is 6.29 Å². The zero-order valence-electron chi connectivity index (χ0n) is 17.9. The molecule has 31 heavy (non-hydrogen) atoms. The Balaban J connectivity index is 1.92. The lowest BCUT2D eigenvalue weighted by molar-refractivity contribution is 0.112. The molecule has 1 N–H and O–H groups in total. The van der Waals surface area contributed by atoms with Crippen LogP contribution in [0.15, 0.2) is 36.5 Å². The number of hydrogen-bond acceptors (Lipinski definition) is 6. The number of aromatic nitrogens is 3. The molecule has 0 saturated heterocycles. The van der Waals surface area contributed by atoms with E-state index in [1.807, 2.05) is 19.2 Å². The molecule has 3 heterocycles. The van der Waals surface area contributed by atoms with Gasteiger partial charge < -0.3 is 10.1 Å². The Labute approximate surface area is 185 Å². The molecule has 1 unspecified atom stereocenters. The monoisotopic (exact) mass is 434 g/mol. The van der Waals surface area contributed by atoms with E-state index in [4.69, 9.17) is 21.3 Å². The fraction of sp³-hybridized carbons (Fsp3) is 0.250. The number of methoxy groups -OCH3 is 1. The van der Waals surface area contributed by atoms with Crippen LogP contribution in [-0.4, -0.2) is 28.3 Å². The number of fused-ring (bicyclic) bond motifs is 3. The summed E-state index contributed by atoms with van der Waals surface area (Å²) in [6.07, 6.45) is 3.32. The van der Waals surface area contributed by atoms with Gasteiger partial charge in [0.2, 0.25) is 5.88 Å². The summed E-state index contributed by atoms with van der Waals surface area (Å²) in [5.74, 6) is 0.569. The third-order valence-electron chi connectivity index (χ3n) is 5.40. The van der Waals surface area contributed by atoms with Gasteiger partial charge in [0.25, 0.3) is 0 Å². The zero-order chi connectivity index (χ0) is 22.1. The first-order valence-electron chi connectivity index (χ1n) is 10.1. The van der Waals surface area contributed by atoms with Crippen molar-refractivity contribution < 1.29 is 9.53 Å². The summed E-state index contributed by atoms with van der Waals surface area (Å²) in [4.78, 5) is 25.0. The highest BCUT2D eigenvalue weighted by atomic mass is 35.5. The molecule has 4 rings (SSSR count). The minimum Gasteiger partial charge on any atom is -0.481 e. The number of carbonyl (C=O) groups is 1. The fourth-order valence-corrected chi connectivity index (χ4v) is 4.06. The van der Waals surface area contributed by atoms with E-state index in [1.54, 1.807) is 19.2 Å². The van der Waals surface area contributed by atoms with Crippen LogP contribution in [0.1, 0.15) is 47.2 Å². The molecule has 1 atom stereocenters. The number of aryl methyl sites for hydroxylation is 2. The highest BCUT2D eigenvalue weighted by Crippen LogP contribution is 2.34. The van der Waals surface area contributed by atoms with E-state index in [0.29, 0.717) is 17.9 Å². The molecule has 0 aliphatic rings. The van der Waals surface area contributed by atoms with Crippen molar-refractivity contribution in [1.29, 1.82) is 0 Å². The number of hydrogen-bond donors (Lipinski definition) is 1. The Morgan fingerprint density at radius 2 is 1.97 bits per heavy atom. The largest absolute Gasteiger partial charge is 0.481 e. The smallest absolute Gasteiger partial charge is 0.213 e. The number of rotatable bonds is 6. The van der Waals surface area contributed by atoms with Crippen molar-refractivity contribution >= 4 is 45.2 Å². The molecule has 0 radical (unpaired) electrons. The molecule has 0 amide bonds. The van der Waals surface area contributed by atoms with Crippen LogP contribution in [-0.2, 0) is 6.42 Å². The standard InChI is InChI=1S/C24H23ClN4O2/c1-5-19-18-11-26-23(31-4)10-16(18)17-9-13(2)8-15(24(17)29-19)14(3)27-20-6-7-22(25)28-21(20)12-30/h6-12,14,27H,5H2,1-4H3. The lowest BCUT2D eigenvalue weighted by Gasteiger charge is -2.20. The third kappa shape index (κ3) is 3.91. The minimum absolute atomic E-state index is 0.123. The van der Waals surface area contributed by atoms with Crippen LogP contribution >= 0.6 is 11.6 Å². The van der Waals surface area contributed by atoms with E-state index in [2.05, 4.69) is 41.3 Å². The van der Waals surface area contributed by atoms with Gasteiger partial charge in [-0.1, -0.05) is 30.2 Å². The van der Waals surface area contributed by atoms with E-state index in [0.717, 1.165) is 44.9 Å². The van der Waals surface area contributed by atoms with Crippen molar-refractivity contribution in [3.8, 4) is 5.88 Å². The molecule has 3 aromatic heterocycles. The van der Waals surface area contributed by atoms with Crippen molar-refractivity contribution in [2.75, 3.05) is 12.4 Å². The lowest BCUT2D eigenvalue weighted by atomic mass is 9.96. The number of anilines is 1. The van der Waals surface area contributed by atoms with Crippen molar-refractivity contribution in [3.05, 3.63) is 64.2 Å². The quantitative estimate of drug-likeness (QED) is 0.238. The molecular weight excluding hydrogens is 412 g/mol. The minimum atomic E-state index is -0.123. The summed E-state index contributed by atoms with van der Waals surface area (Å²) in [6.45, 7) is 6.19. The van der Waals surface area contributed by atoms with Gasteiger partial charge in [-0.2, -0.15) is 0 Å². The van der Waals surface area contributed by atoms with Crippen LogP contribution in [0, 0.1) is 6.92 Å². The predicted octanol–water partition coefficient (Wildman–Crippen LogP) is 5.70. The number of carbonyl (C=O) groups excluding carboxylic acids is 1. The molecule has 1 aromatic carbocycles. The first-order valence-corrected chi connectivity index (χ1v) is 10.5. The maximum atomic E-state index is 11.5. The van der Waals surface area contributed by atoms with Gasteiger partial charge in [-0.05, 0) is 43.9 Å². The van der Waals surface area contributed by atoms with Crippen LogP contribution in [0.25, 0.3) is 21.7 Å². The first kappa shape index (κ1) is 21.0. The number of pyridine rings is 3. The van der Waals surface area contributed by atoms with Crippen molar-refractivity contribution in [2.45, 2.75) is 33.2 Å². The molecular formula is C24H23ClN4O2. The van der Waals surface area contributed by atoms with Crippen LogP contribution in [0.3, 0.4) is 0 Å². The molecule has 0 aliphatic carbocycles. The molecule has 0 bridgehead atoms. The van der Waals surface area contributed by atoms with Gasteiger partial charge in [0, 0.05) is 28.6 Å². The van der Waals surface area contributed by atoms with Gasteiger partial charge >= 0.3 is 0 Å². The van der Waals surface area contributed by atoms with Crippen molar-refractivity contribution in [3.63, 3.8) is 0 Å². The summed E-state index contributed by atoms with van der Waals surface area (Å²) in [5, 5.41) is 6.82. The Hall–Kier alpha value is -3.25. The fourth-order valence-electron chi connectivity index (χ4n) is 3.91. The summed E-state index contributed by atoms with van der Waals surface area (Å²) < 4.78 is 5.37. The summed E-state index contributed by atoms with van der Waals surface area (Å²) in [5.41, 5.74) is 4.96. The summed E-state index contributed by atoms with van der Waals surface area (Å²) in [6, 6.07) is 9.54. The zero-order valence-corrected chi connectivity index (χ0v) is 18.6. The van der Waals surface area contributed by atoms with Gasteiger partial charge in [-0.25, -0.2) is 9.97 Å². The highest BCUT2D eigenvalue weighted by molar-refractivity contribution is 6.29. The molecule has 4 aromatic rings. The molecule has 0 spiro atoms. The number of aldehydes is 1. The highest BCUT2D eigenvalue weighted by Gasteiger charge is 2.17. The number of benzene rings is 1. The second-order valence-electron chi connectivity index (χ2n) is 7.49. The average Bonchev–Trinajstić information content (AvgIpc) is 2.78. The second kappa shape index (κ2) is 8.47. The SMILES string of the molecule is CCc1nc2c(C(C)Nc3ccc(Cl)nc3C=O)cc(C)cc2c2cc(OC)ncc12. The van der Waals surface area contributed by atoms with Crippen LogP contribution in [0.4, 0.5) is 5.69 Å². The first-order chi connectivity index (χ1) is 14.9. The molecule has 0 fully saturated rings. The molecule has 0 aliphatic heterocycles. The van der Waals surface area contributed by atoms with Crippen LogP contribution < -0.4 is 10.1 Å². The van der Waals surface area contributed by atoms with Gasteiger partial charge in [-0.3, -0.25) is 9.78 Å². The Morgan fingerprint density at radius 1 is 1.16 bits per heavy atom. The number of ether oxygens (including phenoxy) is 1. The molecule has 0 saturated carbocycles. The Morgan fingerprint density at radius 3 is 2.68 bits per heavy atom. The van der Waals surface area contributed by atoms with Crippen LogP contribution in [0.5, 0.6) is 5.88 Å². The van der Waals surface area contributed by atoms with Crippen molar-refractivity contribution in [2.24, 2.45) is 0 Å². The molecule has 158 valence electrons. The van der Waals surface area contributed by atoms with E-state index >= 15 is 0 Å². The Bertz CT molecular complexity index is 1310. The van der Waals surface area contributed by atoms with E-state index in [-0.39, 0.29) is 16.9 Å². The van der Waals surface area contributed by atoms with Gasteiger partial charge in [0.05, 0.1) is 30.0 Å². The summed E-state index contributed by atoms with van der Waals surface area (Å²) in [7, 11) is 1.62. The van der Waals surface area contributed by atoms with E-state index < -0.39 is 0 Å². The maximum Gasteiger partial charge on any atom is 0.213 e. The average molecular weight is 435 g/mol. The maximum absolute atomic E-state index is 11.5. The van der Waals surface area contributed by atoms with Crippen LogP contribution in [0.2, 0.25) is 5.15 Å². The molecule has 7 heteroatoms. The van der Waals surface area contributed by atoms with Gasteiger partial charge in [-0.15, -0.1) is 0 Å². The topological polar surface area (TPSA) is 77.0 Å². The number of halogens is 1.